The highest BCUT2D eigenvalue weighted by Crippen LogP contribution is 2.15. The van der Waals surface area contributed by atoms with Gasteiger partial charge in [0.1, 0.15) is 18.0 Å². The number of carbonyl (C=O) groups excluding carboxylic acids is 1. The lowest BCUT2D eigenvalue weighted by Crippen LogP contribution is -2.22. The predicted octanol–water partition coefficient (Wildman–Crippen LogP) is 4.02. The first kappa shape index (κ1) is 16.7. The Bertz CT molecular complexity index is 655. The van der Waals surface area contributed by atoms with Crippen LogP contribution in [0.25, 0.3) is 6.08 Å². The summed E-state index contributed by atoms with van der Waals surface area (Å²) in [5.74, 6) is 0.423. The van der Waals surface area contributed by atoms with Crippen LogP contribution in [-0.4, -0.2) is 16.6 Å². The predicted molar refractivity (Wildman–Crippen MR) is 89.9 cm³/mol. The molecule has 0 aliphatic carbocycles. The molecule has 0 aliphatic rings. The van der Waals surface area contributed by atoms with Crippen LogP contribution in [0, 0.1) is 0 Å². The van der Waals surface area contributed by atoms with Gasteiger partial charge in [-0.05, 0) is 62.2 Å². The van der Waals surface area contributed by atoms with Crippen molar-refractivity contribution in [1.82, 2.24) is 4.98 Å². The van der Waals surface area contributed by atoms with E-state index in [1.54, 1.807) is 18.5 Å². The molecule has 0 saturated heterocycles. The topological polar surface area (TPSA) is 48.4 Å². The van der Waals surface area contributed by atoms with Gasteiger partial charge < -0.3 is 9.47 Å². The molecule has 4 nitrogen and oxygen atoms in total. The third-order valence-electron chi connectivity index (χ3n) is 2.85. The molecule has 0 amide bonds. The number of hydrogen-bond acceptors (Lipinski definition) is 4. The van der Waals surface area contributed by atoms with Crippen LogP contribution in [0.1, 0.15) is 31.9 Å². The third kappa shape index (κ3) is 6.34. The number of rotatable bonds is 5. The SMILES string of the molecule is CC(C)(C)OC(=O)/C=C/c1ccc(OCc2ccncc2)cc1. The molecule has 0 radical (unpaired) electrons. The van der Waals surface area contributed by atoms with Crippen molar-refractivity contribution in [3.8, 4) is 5.75 Å². The second-order valence-corrected chi connectivity index (χ2v) is 6.08. The number of nitrogens with zero attached hydrogens (tertiary/aromatic N) is 1. The minimum Gasteiger partial charge on any atom is -0.489 e. The third-order valence-corrected chi connectivity index (χ3v) is 2.85. The molecule has 0 fully saturated rings. The van der Waals surface area contributed by atoms with E-state index in [9.17, 15) is 4.79 Å². The maximum Gasteiger partial charge on any atom is 0.331 e. The molecule has 0 N–H and O–H groups in total. The zero-order valence-electron chi connectivity index (χ0n) is 13.7. The molecule has 2 aromatic rings. The first-order valence-corrected chi connectivity index (χ1v) is 7.45. The van der Waals surface area contributed by atoms with Crippen LogP contribution in [0.15, 0.2) is 54.9 Å². The molecule has 120 valence electrons. The summed E-state index contributed by atoms with van der Waals surface area (Å²) in [6, 6.07) is 11.4. The second-order valence-electron chi connectivity index (χ2n) is 6.08. The van der Waals surface area contributed by atoms with E-state index in [4.69, 9.17) is 9.47 Å². The van der Waals surface area contributed by atoms with Crippen molar-refractivity contribution in [3.63, 3.8) is 0 Å². The Labute approximate surface area is 136 Å². The summed E-state index contributed by atoms with van der Waals surface area (Å²) in [5, 5.41) is 0. The van der Waals surface area contributed by atoms with Gasteiger partial charge in [0.25, 0.3) is 0 Å². The summed E-state index contributed by atoms with van der Waals surface area (Å²) in [6.07, 6.45) is 6.63. The minimum absolute atomic E-state index is 0.351. The molecular weight excluding hydrogens is 290 g/mol. The molecule has 0 aliphatic heterocycles. The van der Waals surface area contributed by atoms with Crippen molar-refractivity contribution in [2.24, 2.45) is 0 Å². The van der Waals surface area contributed by atoms with Gasteiger partial charge in [0, 0.05) is 18.5 Å². The van der Waals surface area contributed by atoms with Gasteiger partial charge in [-0.15, -0.1) is 0 Å². The van der Waals surface area contributed by atoms with Gasteiger partial charge in [0.05, 0.1) is 0 Å². The molecule has 1 aromatic heterocycles. The zero-order valence-corrected chi connectivity index (χ0v) is 13.7. The molecule has 1 heterocycles. The number of aromatic nitrogens is 1. The van der Waals surface area contributed by atoms with Crippen molar-refractivity contribution in [3.05, 3.63) is 66.0 Å². The Morgan fingerprint density at radius 2 is 1.74 bits per heavy atom. The van der Waals surface area contributed by atoms with Gasteiger partial charge >= 0.3 is 5.97 Å². The first-order valence-electron chi connectivity index (χ1n) is 7.45. The molecule has 1 aromatic carbocycles. The van der Waals surface area contributed by atoms with Crippen LogP contribution in [0.3, 0.4) is 0 Å². The van der Waals surface area contributed by atoms with Crippen LogP contribution < -0.4 is 4.74 Å². The summed E-state index contributed by atoms with van der Waals surface area (Å²) < 4.78 is 10.9. The molecule has 0 atom stereocenters. The Hall–Kier alpha value is -2.62. The summed E-state index contributed by atoms with van der Waals surface area (Å²) in [5.41, 5.74) is 1.49. The summed E-state index contributed by atoms with van der Waals surface area (Å²) in [7, 11) is 0. The van der Waals surface area contributed by atoms with E-state index in [0.717, 1.165) is 16.9 Å². The van der Waals surface area contributed by atoms with Crippen LogP contribution in [-0.2, 0) is 16.1 Å². The fourth-order valence-corrected chi connectivity index (χ4v) is 1.82. The Balaban J connectivity index is 1.88. The maximum absolute atomic E-state index is 11.6. The summed E-state index contributed by atoms with van der Waals surface area (Å²) >= 11 is 0. The molecule has 0 bridgehead atoms. The van der Waals surface area contributed by atoms with Crippen LogP contribution in [0.5, 0.6) is 5.75 Å². The highest BCUT2D eigenvalue weighted by atomic mass is 16.6. The molecule has 0 unspecified atom stereocenters. The van der Waals surface area contributed by atoms with Crippen molar-refractivity contribution in [2.75, 3.05) is 0 Å². The number of benzene rings is 1. The highest BCUT2D eigenvalue weighted by Gasteiger charge is 2.13. The van der Waals surface area contributed by atoms with E-state index in [0.29, 0.717) is 6.61 Å². The Morgan fingerprint density at radius 3 is 2.35 bits per heavy atom. The maximum atomic E-state index is 11.6. The Morgan fingerprint density at radius 1 is 1.09 bits per heavy atom. The molecule has 23 heavy (non-hydrogen) atoms. The van der Waals surface area contributed by atoms with E-state index in [2.05, 4.69) is 4.98 Å². The molecule has 4 heteroatoms. The van der Waals surface area contributed by atoms with E-state index < -0.39 is 5.60 Å². The zero-order chi connectivity index (χ0) is 16.7. The van der Waals surface area contributed by atoms with E-state index >= 15 is 0 Å². The fraction of sp³-hybridized carbons (Fsp3) is 0.263. The average Bonchev–Trinajstić information content (AvgIpc) is 2.51. The normalized spacial score (nSPS) is 11.4. The summed E-state index contributed by atoms with van der Waals surface area (Å²) in [6.45, 7) is 6.02. The monoisotopic (exact) mass is 311 g/mol. The van der Waals surface area contributed by atoms with E-state index in [-0.39, 0.29) is 5.97 Å². The van der Waals surface area contributed by atoms with Crippen molar-refractivity contribution >= 4 is 12.0 Å². The standard InChI is InChI=1S/C19H21NO3/c1-19(2,3)23-18(21)9-6-15-4-7-17(8-5-15)22-14-16-10-12-20-13-11-16/h4-13H,14H2,1-3H3/b9-6+. The number of hydrogen-bond donors (Lipinski definition) is 0. The lowest BCUT2D eigenvalue weighted by Gasteiger charge is -2.17. The first-order chi connectivity index (χ1) is 10.9. The van der Waals surface area contributed by atoms with E-state index in [1.165, 1.54) is 6.08 Å². The van der Waals surface area contributed by atoms with Crippen LogP contribution in [0.4, 0.5) is 0 Å². The number of ether oxygens (including phenoxy) is 2. The molecule has 0 spiro atoms. The quantitative estimate of drug-likeness (QED) is 0.618. The van der Waals surface area contributed by atoms with Gasteiger partial charge in [-0.3, -0.25) is 4.98 Å². The minimum atomic E-state index is -0.480. The van der Waals surface area contributed by atoms with Crippen LogP contribution in [0.2, 0.25) is 0 Å². The van der Waals surface area contributed by atoms with Crippen molar-refractivity contribution < 1.29 is 14.3 Å². The van der Waals surface area contributed by atoms with Gasteiger partial charge in [-0.1, -0.05) is 12.1 Å². The molecule has 2 rings (SSSR count). The summed E-state index contributed by atoms with van der Waals surface area (Å²) in [4.78, 5) is 15.6. The smallest absolute Gasteiger partial charge is 0.331 e. The molecular formula is C19H21NO3. The average molecular weight is 311 g/mol. The number of esters is 1. The number of carbonyl (C=O) groups is 1. The van der Waals surface area contributed by atoms with Gasteiger partial charge in [0.15, 0.2) is 0 Å². The van der Waals surface area contributed by atoms with Gasteiger partial charge in [-0.25, -0.2) is 4.79 Å². The highest BCUT2D eigenvalue weighted by molar-refractivity contribution is 5.87. The van der Waals surface area contributed by atoms with Crippen molar-refractivity contribution in [2.45, 2.75) is 33.0 Å². The van der Waals surface area contributed by atoms with Gasteiger partial charge in [0.2, 0.25) is 0 Å². The largest absolute Gasteiger partial charge is 0.489 e. The lowest BCUT2D eigenvalue weighted by atomic mass is 10.2. The second kappa shape index (κ2) is 7.58. The van der Waals surface area contributed by atoms with Crippen LogP contribution >= 0.6 is 0 Å². The lowest BCUT2D eigenvalue weighted by molar-refractivity contribution is -0.148. The number of pyridine rings is 1. The van der Waals surface area contributed by atoms with Crippen molar-refractivity contribution in [1.29, 1.82) is 0 Å². The fourth-order valence-electron chi connectivity index (χ4n) is 1.82. The molecule has 0 saturated carbocycles. The van der Waals surface area contributed by atoms with Gasteiger partial charge in [-0.2, -0.15) is 0 Å². The van der Waals surface area contributed by atoms with E-state index in [1.807, 2.05) is 57.2 Å². The Kier molecular flexibility index (Phi) is 5.52.